The first kappa shape index (κ1) is 25.6. The van der Waals surface area contributed by atoms with Crippen LogP contribution in [-0.4, -0.2) is 89.5 Å². The highest BCUT2D eigenvalue weighted by atomic mass is 35.5. The SMILES string of the molecule is Clc1cccc2cccc(-c3ncc4c(N5CC6CCC(C5)N6)nc(OCC5(CN6CCOCC6)CC5)nc4n3)c12. The number of benzene rings is 2. The molecule has 4 aliphatic rings. The third-order valence-corrected chi connectivity index (χ3v) is 9.47. The molecule has 4 fully saturated rings. The molecule has 10 heteroatoms. The summed E-state index contributed by atoms with van der Waals surface area (Å²) >= 11 is 6.65. The fourth-order valence-corrected chi connectivity index (χ4v) is 7.03. The van der Waals surface area contributed by atoms with E-state index < -0.39 is 0 Å². The third kappa shape index (κ3) is 4.99. The van der Waals surface area contributed by atoms with Crippen LogP contribution >= 0.6 is 11.6 Å². The lowest BCUT2D eigenvalue weighted by Gasteiger charge is -2.34. The van der Waals surface area contributed by atoms with Crippen molar-refractivity contribution >= 4 is 39.2 Å². The van der Waals surface area contributed by atoms with Crippen molar-refractivity contribution in [1.29, 1.82) is 0 Å². The van der Waals surface area contributed by atoms with Crippen molar-refractivity contribution in [3.8, 4) is 17.4 Å². The van der Waals surface area contributed by atoms with Crippen molar-refractivity contribution < 1.29 is 9.47 Å². The van der Waals surface area contributed by atoms with Gasteiger partial charge >= 0.3 is 6.01 Å². The van der Waals surface area contributed by atoms with E-state index in [0.29, 0.717) is 41.2 Å². The number of aromatic nitrogens is 4. The molecule has 1 aliphatic carbocycles. The molecule has 2 atom stereocenters. The van der Waals surface area contributed by atoms with Crippen molar-refractivity contribution in [2.45, 2.75) is 37.8 Å². The van der Waals surface area contributed by atoms with E-state index >= 15 is 0 Å². The molecule has 41 heavy (non-hydrogen) atoms. The van der Waals surface area contributed by atoms with Gasteiger partial charge in [-0.05, 0) is 37.1 Å². The first-order valence-electron chi connectivity index (χ1n) is 14.8. The molecule has 5 heterocycles. The summed E-state index contributed by atoms with van der Waals surface area (Å²) in [4.78, 5) is 24.5. The van der Waals surface area contributed by atoms with Crippen LogP contribution in [0.2, 0.25) is 5.02 Å². The van der Waals surface area contributed by atoms with Crippen LogP contribution in [0.1, 0.15) is 25.7 Å². The molecule has 0 radical (unpaired) electrons. The summed E-state index contributed by atoms with van der Waals surface area (Å²) in [6, 6.07) is 13.4. The smallest absolute Gasteiger partial charge is 0.320 e. The predicted octanol–water partition coefficient (Wildman–Crippen LogP) is 4.33. The van der Waals surface area contributed by atoms with Gasteiger partial charge in [0.2, 0.25) is 0 Å². The zero-order chi connectivity index (χ0) is 27.4. The number of rotatable bonds is 7. The van der Waals surface area contributed by atoms with Crippen LogP contribution in [0.4, 0.5) is 5.82 Å². The maximum Gasteiger partial charge on any atom is 0.320 e. The summed E-state index contributed by atoms with van der Waals surface area (Å²) in [5, 5.41) is 7.25. The zero-order valence-corrected chi connectivity index (χ0v) is 23.8. The lowest BCUT2D eigenvalue weighted by atomic mass is 10.0. The number of morpholine rings is 1. The lowest BCUT2D eigenvalue weighted by Crippen LogP contribution is -2.51. The lowest BCUT2D eigenvalue weighted by molar-refractivity contribution is 0.0231. The van der Waals surface area contributed by atoms with Gasteiger partial charge in [0.15, 0.2) is 11.5 Å². The summed E-state index contributed by atoms with van der Waals surface area (Å²) in [5.41, 5.74) is 1.66. The standard InChI is InChI=1S/C31H34ClN7O2/c32-25-6-2-4-20-3-1-5-23(26(20)25)27-33-15-24-28(35-27)36-30(37-29(24)39-16-21-7-8-22(17-39)34-21)41-19-31(9-10-31)18-38-11-13-40-14-12-38/h1-6,15,21-22,34H,7-14,16-19H2. The van der Waals surface area contributed by atoms with Gasteiger partial charge in [0, 0.05) is 72.4 Å². The molecule has 0 spiro atoms. The van der Waals surface area contributed by atoms with E-state index in [2.05, 4.69) is 27.2 Å². The van der Waals surface area contributed by atoms with Gasteiger partial charge in [-0.15, -0.1) is 0 Å². The molecule has 3 saturated heterocycles. The molecular weight excluding hydrogens is 538 g/mol. The summed E-state index contributed by atoms with van der Waals surface area (Å²) in [7, 11) is 0. The molecule has 2 unspecified atom stereocenters. The minimum atomic E-state index is 0.167. The Labute approximate surface area is 244 Å². The highest BCUT2D eigenvalue weighted by Gasteiger charge is 2.45. The monoisotopic (exact) mass is 571 g/mol. The Bertz CT molecular complexity index is 1590. The van der Waals surface area contributed by atoms with Gasteiger partial charge in [0.25, 0.3) is 0 Å². The average molecular weight is 572 g/mol. The quantitative estimate of drug-likeness (QED) is 0.348. The highest BCUT2D eigenvalue weighted by Crippen LogP contribution is 2.46. The van der Waals surface area contributed by atoms with Gasteiger partial charge < -0.3 is 19.7 Å². The van der Waals surface area contributed by atoms with E-state index in [0.717, 1.165) is 73.5 Å². The van der Waals surface area contributed by atoms with Gasteiger partial charge in [0.05, 0.1) is 25.2 Å². The zero-order valence-electron chi connectivity index (χ0n) is 23.1. The molecule has 9 nitrogen and oxygen atoms in total. The van der Waals surface area contributed by atoms with Crippen molar-refractivity contribution in [1.82, 2.24) is 30.2 Å². The molecule has 1 saturated carbocycles. The Morgan fingerprint density at radius 3 is 2.56 bits per heavy atom. The number of nitrogens with one attached hydrogen (secondary N) is 1. The Morgan fingerprint density at radius 2 is 1.78 bits per heavy atom. The second kappa shape index (κ2) is 10.3. The predicted molar refractivity (Wildman–Crippen MR) is 160 cm³/mol. The Balaban J connectivity index is 1.16. The first-order chi connectivity index (χ1) is 20.1. The molecular formula is C31H34ClN7O2. The van der Waals surface area contributed by atoms with Crippen LogP contribution in [0, 0.1) is 5.41 Å². The van der Waals surface area contributed by atoms with Gasteiger partial charge in [-0.3, -0.25) is 4.90 Å². The van der Waals surface area contributed by atoms with Crippen LogP contribution < -0.4 is 15.0 Å². The topological polar surface area (TPSA) is 88.5 Å². The second-order valence-corrected chi connectivity index (χ2v) is 12.5. The van der Waals surface area contributed by atoms with E-state index in [9.17, 15) is 0 Å². The fraction of sp³-hybridized carbons (Fsp3) is 0.484. The van der Waals surface area contributed by atoms with Gasteiger partial charge in [-0.2, -0.15) is 9.97 Å². The van der Waals surface area contributed by atoms with E-state index in [1.54, 1.807) is 0 Å². The Morgan fingerprint density at radius 1 is 1.00 bits per heavy atom. The highest BCUT2D eigenvalue weighted by molar-refractivity contribution is 6.36. The van der Waals surface area contributed by atoms with E-state index in [1.807, 2.05) is 30.5 Å². The van der Waals surface area contributed by atoms with Crippen LogP contribution in [0.15, 0.2) is 42.6 Å². The van der Waals surface area contributed by atoms with Crippen LogP contribution in [0.5, 0.6) is 6.01 Å². The minimum absolute atomic E-state index is 0.167. The Hall–Kier alpha value is -3.11. The minimum Gasteiger partial charge on any atom is -0.463 e. The molecule has 8 rings (SSSR count). The first-order valence-corrected chi connectivity index (χ1v) is 15.2. The fourth-order valence-electron chi connectivity index (χ4n) is 6.75. The number of halogens is 1. The molecule has 0 amide bonds. The van der Waals surface area contributed by atoms with Crippen molar-refractivity contribution in [2.75, 3.05) is 57.4 Å². The molecule has 1 N–H and O–H groups in total. The van der Waals surface area contributed by atoms with Crippen LogP contribution in [-0.2, 0) is 4.74 Å². The molecule has 4 aromatic rings. The summed E-state index contributed by atoms with van der Waals surface area (Å²) in [6.45, 7) is 7.05. The van der Waals surface area contributed by atoms with E-state index in [4.69, 9.17) is 41.0 Å². The molecule has 2 bridgehead atoms. The normalized spacial score (nSPS) is 23.8. The average Bonchev–Trinajstić information content (AvgIpc) is 3.69. The Kier molecular flexibility index (Phi) is 6.43. The maximum absolute atomic E-state index is 6.65. The number of ether oxygens (including phenoxy) is 2. The number of hydrogen-bond acceptors (Lipinski definition) is 9. The summed E-state index contributed by atoms with van der Waals surface area (Å²) in [6.07, 6.45) is 6.59. The van der Waals surface area contributed by atoms with Crippen molar-refractivity contribution in [3.63, 3.8) is 0 Å². The van der Waals surface area contributed by atoms with Crippen LogP contribution in [0.25, 0.3) is 33.2 Å². The van der Waals surface area contributed by atoms with Crippen LogP contribution in [0.3, 0.4) is 0 Å². The molecule has 212 valence electrons. The second-order valence-electron chi connectivity index (χ2n) is 12.1. The largest absolute Gasteiger partial charge is 0.463 e. The number of nitrogens with zero attached hydrogens (tertiary/aromatic N) is 6. The number of piperazine rings is 1. The maximum atomic E-state index is 6.65. The number of fused-ring (bicyclic) bond motifs is 4. The van der Waals surface area contributed by atoms with Crippen molar-refractivity contribution in [2.24, 2.45) is 5.41 Å². The van der Waals surface area contributed by atoms with Crippen molar-refractivity contribution in [3.05, 3.63) is 47.6 Å². The summed E-state index contributed by atoms with van der Waals surface area (Å²) in [5.74, 6) is 1.46. The molecule has 2 aromatic carbocycles. The van der Waals surface area contributed by atoms with E-state index in [-0.39, 0.29) is 5.41 Å². The third-order valence-electron chi connectivity index (χ3n) is 9.15. The number of hydrogen-bond donors (Lipinski definition) is 1. The molecule has 2 aromatic heterocycles. The van der Waals surface area contributed by atoms with Gasteiger partial charge in [-0.1, -0.05) is 41.9 Å². The van der Waals surface area contributed by atoms with Gasteiger partial charge in [-0.25, -0.2) is 9.97 Å². The summed E-state index contributed by atoms with van der Waals surface area (Å²) < 4.78 is 12.0. The van der Waals surface area contributed by atoms with Gasteiger partial charge in [0.1, 0.15) is 5.82 Å². The van der Waals surface area contributed by atoms with E-state index in [1.165, 1.54) is 25.7 Å². The number of anilines is 1. The molecule has 3 aliphatic heterocycles.